The number of carbonyl (C=O) groups is 3. The molecule has 0 aromatic carbocycles. The third kappa shape index (κ3) is 56.8. The lowest BCUT2D eigenvalue weighted by Gasteiger charge is -2.18. The second-order valence-corrected chi connectivity index (χ2v) is 21.3. The van der Waals surface area contributed by atoms with Crippen LogP contribution in [0.1, 0.15) is 348 Å². The summed E-state index contributed by atoms with van der Waals surface area (Å²) in [5.74, 6) is -0.860. The minimum absolute atomic E-state index is 0.0713. The molecule has 0 heterocycles. The first-order chi connectivity index (χ1) is 34.5. The number of allylic oxidation sites excluding steroid dienone is 4. The first-order valence-electron chi connectivity index (χ1n) is 31.3. The number of carbonyl (C=O) groups excluding carboxylic acids is 3. The van der Waals surface area contributed by atoms with E-state index in [1.165, 1.54) is 225 Å². The van der Waals surface area contributed by atoms with Crippen LogP contribution in [0.3, 0.4) is 0 Å². The van der Waals surface area contributed by atoms with E-state index in [9.17, 15) is 14.4 Å². The minimum atomic E-state index is -0.774. The molecule has 0 aromatic rings. The quantitative estimate of drug-likeness (QED) is 0.0261. The molecule has 0 aliphatic heterocycles. The monoisotopic (exact) mass is 985 g/mol. The molecule has 70 heavy (non-hydrogen) atoms. The minimum Gasteiger partial charge on any atom is -0.462 e. The van der Waals surface area contributed by atoms with Crippen molar-refractivity contribution in [1.29, 1.82) is 0 Å². The van der Waals surface area contributed by atoms with Crippen molar-refractivity contribution in [2.75, 3.05) is 13.2 Å². The van der Waals surface area contributed by atoms with Gasteiger partial charge in [0.05, 0.1) is 0 Å². The Morgan fingerprint density at radius 3 is 0.829 bits per heavy atom. The van der Waals surface area contributed by atoms with Crippen LogP contribution in [-0.4, -0.2) is 37.2 Å². The fourth-order valence-corrected chi connectivity index (χ4v) is 9.46. The van der Waals surface area contributed by atoms with Crippen molar-refractivity contribution in [3.63, 3.8) is 0 Å². The van der Waals surface area contributed by atoms with E-state index in [1.807, 2.05) is 0 Å². The Morgan fingerprint density at radius 2 is 0.529 bits per heavy atom. The van der Waals surface area contributed by atoms with Crippen molar-refractivity contribution < 1.29 is 28.6 Å². The lowest BCUT2D eigenvalue weighted by Crippen LogP contribution is -2.30. The van der Waals surface area contributed by atoms with Gasteiger partial charge in [0.25, 0.3) is 0 Å². The first-order valence-corrected chi connectivity index (χ1v) is 31.3. The van der Waals surface area contributed by atoms with E-state index in [2.05, 4.69) is 45.1 Å². The third-order valence-electron chi connectivity index (χ3n) is 14.2. The molecule has 0 saturated heterocycles. The smallest absolute Gasteiger partial charge is 0.306 e. The molecular weight excluding hydrogens is 865 g/mol. The maximum atomic E-state index is 12.9. The predicted octanol–water partition coefficient (Wildman–Crippen LogP) is 21.1. The molecule has 0 aromatic heterocycles. The second-order valence-electron chi connectivity index (χ2n) is 21.3. The Hall–Kier alpha value is -2.11. The van der Waals surface area contributed by atoms with Gasteiger partial charge >= 0.3 is 17.9 Å². The van der Waals surface area contributed by atoms with E-state index in [0.717, 1.165) is 83.5 Å². The Kier molecular flexibility index (Phi) is 57.7. The highest BCUT2D eigenvalue weighted by Gasteiger charge is 2.19. The summed E-state index contributed by atoms with van der Waals surface area (Å²) in [5, 5.41) is 0. The zero-order valence-corrected chi connectivity index (χ0v) is 47.3. The van der Waals surface area contributed by atoms with E-state index in [0.29, 0.717) is 19.3 Å². The third-order valence-corrected chi connectivity index (χ3v) is 14.2. The molecule has 0 aliphatic rings. The van der Waals surface area contributed by atoms with Gasteiger partial charge in [-0.3, -0.25) is 14.4 Å². The van der Waals surface area contributed by atoms with E-state index in [1.54, 1.807) is 0 Å². The standard InChI is InChI=1S/C64H120O6/c1-4-7-10-13-16-19-22-25-28-29-30-31-32-33-34-35-36-37-40-42-45-48-51-54-57-63(66)69-60-61(70-64(67)58-55-52-49-46-43-39-27-24-21-18-15-12-9-6-3)59-68-62(65)56-53-50-47-44-41-38-26-23-20-17-14-11-8-5-2/h15,18,24,27,61H,4-14,16-17,19-23,25-26,28-60H2,1-3H3/b18-15-,27-24-. The number of unbranched alkanes of at least 4 members (excludes halogenated alkanes) is 43. The topological polar surface area (TPSA) is 78.9 Å². The van der Waals surface area contributed by atoms with Crippen LogP contribution >= 0.6 is 0 Å². The number of hydrogen-bond acceptors (Lipinski definition) is 6. The molecule has 6 heteroatoms. The van der Waals surface area contributed by atoms with Crippen LogP contribution in [0, 0.1) is 0 Å². The summed E-state index contributed by atoms with van der Waals surface area (Å²) in [6.07, 6.45) is 70.4. The zero-order valence-electron chi connectivity index (χ0n) is 47.3. The van der Waals surface area contributed by atoms with Crippen LogP contribution in [0.2, 0.25) is 0 Å². The summed E-state index contributed by atoms with van der Waals surface area (Å²) in [6, 6.07) is 0. The Balaban J connectivity index is 4.22. The summed E-state index contributed by atoms with van der Waals surface area (Å²) in [4.78, 5) is 38.2. The molecule has 6 nitrogen and oxygen atoms in total. The molecule has 0 fully saturated rings. The van der Waals surface area contributed by atoms with Crippen molar-refractivity contribution in [2.24, 2.45) is 0 Å². The van der Waals surface area contributed by atoms with Crippen LogP contribution in [0.25, 0.3) is 0 Å². The van der Waals surface area contributed by atoms with E-state index in [-0.39, 0.29) is 31.1 Å². The van der Waals surface area contributed by atoms with Crippen molar-refractivity contribution in [2.45, 2.75) is 354 Å². The number of rotatable bonds is 58. The van der Waals surface area contributed by atoms with Gasteiger partial charge in [-0.15, -0.1) is 0 Å². The molecule has 0 saturated carbocycles. The second kappa shape index (κ2) is 59.5. The fourth-order valence-electron chi connectivity index (χ4n) is 9.46. The highest BCUT2D eigenvalue weighted by atomic mass is 16.6. The molecular formula is C64H120O6. The van der Waals surface area contributed by atoms with Crippen LogP contribution in [0.4, 0.5) is 0 Å². The number of esters is 3. The Bertz CT molecular complexity index is 1130. The zero-order chi connectivity index (χ0) is 50.7. The van der Waals surface area contributed by atoms with Gasteiger partial charge in [-0.1, -0.05) is 308 Å². The van der Waals surface area contributed by atoms with Gasteiger partial charge in [-0.2, -0.15) is 0 Å². The van der Waals surface area contributed by atoms with Crippen LogP contribution in [0.15, 0.2) is 24.3 Å². The largest absolute Gasteiger partial charge is 0.462 e. The highest BCUT2D eigenvalue weighted by molar-refractivity contribution is 5.71. The summed E-state index contributed by atoms with van der Waals surface area (Å²) in [6.45, 7) is 6.65. The van der Waals surface area contributed by atoms with Crippen molar-refractivity contribution in [1.82, 2.24) is 0 Å². The lowest BCUT2D eigenvalue weighted by atomic mass is 10.0. The lowest BCUT2D eigenvalue weighted by molar-refractivity contribution is -0.167. The van der Waals surface area contributed by atoms with Gasteiger partial charge in [0.15, 0.2) is 6.10 Å². The van der Waals surface area contributed by atoms with Crippen molar-refractivity contribution in [3.05, 3.63) is 24.3 Å². The molecule has 0 bridgehead atoms. The average Bonchev–Trinajstić information content (AvgIpc) is 3.36. The molecule has 0 amide bonds. The number of hydrogen-bond donors (Lipinski definition) is 0. The average molecular weight is 986 g/mol. The van der Waals surface area contributed by atoms with Crippen LogP contribution in [0.5, 0.6) is 0 Å². The summed E-state index contributed by atoms with van der Waals surface area (Å²) in [5.41, 5.74) is 0. The van der Waals surface area contributed by atoms with Crippen molar-refractivity contribution in [3.8, 4) is 0 Å². The van der Waals surface area contributed by atoms with Crippen LogP contribution < -0.4 is 0 Å². The molecule has 0 aliphatic carbocycles. The summed E-state index contributed by atoms with van der Waals surface area (Å²) in [7, 11) is 0. The molecule has 0 N–H and O–H groups in total. The normalized spacial score (nSPS) is 12.1. The van der Waals surface area contributed by atoms with E-state index >= 15 is 0 Å². The fraction of sp³-hybridized carbons (Fsp3) is 0.891. The molecule has 412 valence electrons. The number of ether oxygens (including phenoxy) is 3. The van der Waals surface area contributed by atoms with E-state index < -0.39 is 6.10 Å². The molecule has 1 unspecified atom stereocenters. The van der Waals surface area contributed by atoms with E-state index in [4.69, 9.17) is 14.2 Å². The molecule has 0 radical (unpaired) electrons. The first kappa shape index (κ1) is 67.9. The maximum absolute atomic E-state index is 12.9. The van der Waals surface area contributed by atoms with Crippen molar-refractivity contribution >= 4 is 17.9 Å². The predicted molar refractivity (Wildman–Crippen MR) is 303 cm³/mol. The highest BCUT2D eigenvalue weighted by Crippen LogP contribution is 2.18. The van der Waals surface area contributed by atoms with Gasteiger partial charge in [-0.05, 0) is 44.9 Å². The molecule has 1 atom stereocenters. The SMILES string of the molecule is CCCC/C=C\C/C=C\CCCCCCCC(=O)OC(COC(=O)CCCCCCCCCCCCCCCC)COC(=O)CCCCCCCCCCCCCCCCCCCCCCCCCC. The van der Waals surface area contributed by atoms with Gasteiger partial charge < -0.3 is 14.2 Å². The summed E-state index contributed by atoms with van der Waals surface area (Å²) >= 11 is 0. The summed E-state index contributed by atoms with van der Waals surface area (Å²) < 4.78 is 16.9. The molecule has 0 spiro atoms. The Labute approximate surface area is 436 Å². The van der Waals surface area contributed by atoms with Crippen LogP contribution in [-0.2, 0) is 28.6 Å². The molecule has 0 rings (SSSR count). The maximum Gasteiger partial charge on any atom is 0.306 e. The van der Waals surface area contributed by atoms with Gasteiger partial charge in [-0.25, -0.2) is 0 Å². The van der Waals surface area contributed by atoms with Gasteiger partial charge in [0.1, 0.15) is 13.2 Å². The van der Waals surface area contributed by atoms with Gasteiger partial charge in [0, 0.05) is 19.3 Å². The van der Waals surface area contributed by atoms with Gasteiger partial charge in [0.2, 0.25) is 0 Å². The Morgan fingerprint density at radius 1 is 0.286 bits per heavy atom.